The lowest BCUT2D eigenvalue weighted by atomic mass is 9.96. The number of esters is 1. The summed E-state index contributed by atoms with van der Waals surface area (Å²) >= 11 is 0. The van der Waals surface area contributed by atoms with Gasteiger partial charge in [0.2, 0.25) is 15.9 Å². The Labute approximate surface area is 188 Å². The Morgan fingerprint density at radius 2 is 1.56 bits per heavy atom. The summed E-state index contributed by atoms with van der Waals surface area (Å²) in [6.45, 7) is 2.33. The summed E-state index contributed by atoms with van der Waals surface area (Å²) < 4.78 is 36.8. The number of hydrogen-bond donors (Lipinski definition) is 0. The third-order valence-corrected chi connectivity index (χ3v) is 6.72. The largest absolute Gasteiger partial charge is 0.469 e. The van der Waals surface area contributed by atoms with Gasteiger partial charge in [-0.05, 0) is 56.2 Å². The van der Waals surface area contributed by atoms with Crippen molar-refractivity contribution in [3.8, 4) is 11.5 Å². The van der Waals surface area contributed by atoms with Crippen molar-refractivity contribution in [3.63, 3.8) is 0 Å². The second kappa shape index (κ2) is 10.0. The smallest absolute Gasteiger partial charge is 0.308 e. The number of carbonyl (C=O) groups excluding carboxylic acids is 2. The van der Waals surface area contributed by atoms with Gasteiger partial charge in [0.1, 0.15) is 17.5 Å². The summed E-state index contributed by atoms with van der Waals surface area (Å²) in [6.07, 6.45) is 2.07. The van der Waals surface area contributed by atoms with Gasteiger partial charge in [0.15, 0.2) is 0 Å². The minimum atomic E-state index is -3.73. The number of carbonyl (C=O) groups is 2. The van der Waals surface area contributed by atoms with E-state index >= 15 is 0 Å². The van der Waals surface area contributed by atoms with Crippen LogP contribution in [0.3, 0.4) is 0 Å². The number of ether oxygens (including phenoxy) is 2. The fraction of sp³-hybridized carbons (Fsp3) is 0.391. The van der Waals surface area contributed by atoms with E-state index in [1.807, 2.05) is 30.3 Å². The first kappa shape index (κ1) is 23.6. The number of nitrogens with zero attached hydrogens (tertiary/aromatic N) is 2. The molecule has 2 aromatic rings. The summed E-state index contributed by atoms with van der Waals surface area (Å²) in [5.74, 6) is 0.406. The number of sulfonamides is 1. The lowest BCUT2D eigenvalue weighted by Gasteiger charge is -2.36. The lowest BCUT2D eigenvalue weighted by molar-refractivity contribution is -0.149. The highest BCUT2D eigenvalue weighted by molar-refractivity contribution is 7.92. The standard InChI is InChI=1S/C23H28N2O6S/c1-17(22(26)24-15-13-18(14-16-24)23(27)30-2)25(32(3,28)29)19-9-11-21(12-10-19)31-20-7-5-4-6-8-20/h4-12,17-18H,13-16H2,1-3H3/t17-/m0/s1. The monoisotopic (exact) mass is 460 g/mol. The van der Waals surface area contributed by atoms with Gasteiger partial charge in [0, 0.05) is 13.1 Å². The molecule has 3 rings (SSSR count). The molecule has 0 aromatic heterocycles. The molecule has 0 spiro atoms. The van der Waals surface area contributed by atoms with Gasteiger partial charge in [-0.25, -0.2) is 8.42 Å². The minimum absolute atomic E-state index is 0.234. The molecular formula is C23H28N2O6S. The van der Waals surface area contributed by atoms with Crippen LogP contribution in [-0.4, -0.2) is 57.7 Å². The van der Waals surface area contributed by atoms with Crippen LogP contribution >= 0.6 is 0 Å². The van der Waals surface area contributed by atoms with Gasteiger partial charge in [0.25, 0.3) is 0 Å². The number of piperidine rings is 1. The second-order valence-electron chi connectivity index (χ2n) is 7.77. The first-order valence-corrected chi connectivity index (χ1v) is 12.2. The highest BCUT2D eigenvalue weighted by atomic mass is 32.2. The van der Waals surface area contributed by atoms with Gasteiger partial charge < -0.3 is 14.4 Å². The molecule has 0 unspecified atom stereocenters. The minimum Gasteiger partial charge on any atom is -0.469 e. The molecule has 1 amide bonds. The molecule has 172 valence electrons. The Morgan fingerprint density at radius 3 is 2.09 bits per heavy atom. The molecule has 32 heavy (non-hydrogen) atoms. The summed E-state index contributed by atoms with van der Waals surface area (Å²) in [5, 5.41) is 0. The first-order chi connectivity index (χ1) is 15.2. The van der Waals surface area contributed by atoms with Crippen LogP contribution in [0.15, 0.2) is 54.6 Å². The van der Waals surface area contributed by atoms with Crippen molar-refractivity contribution in [3.05, 3.63) is 54.6 Å². The number of methoxy groups -OCH3 is 1. The van der Waals surface area contributed by atoms with Crippen LogP contribution in [0.5, 0.6) is 11.5 Å². The van der Waals surface area contributed by atoms with E-state index in [1.54, 1.807) is 36.1 Å². The molecule has 9 heteroatoms. The Kier molecular flexibility index (Phi) is 7.40. The van der Waals surface area contributed by atoms with E-state index in [0.717, 1.165) is 10.6 Å². The Morgan fingerprint density at radius 1 is 1.00 bits per heavy atom. The van der Waals surface area contributed by atoms with E-state index in [1.165, 1.54) is 7.11 Å². The summed E-state index contributed by atoms with van der Waals surface area (Å²) in [4.78, 5) is 26.4. The fourth-order valence-electron chi connectivity index (χ4n) is 3.85. The Balaban J connectivity index is 1.73. The molecule has 8 nitrogen and oxygen atoms in total. The lowest BCUT2D eigenvalue weighted by Crippen LogP contribution is -2.51. The van der Waals surface area contributed by atoms with Crippen molar-refractivity contribution in [1.29, 1.82) is 0 Å². The maximum atomic E-state index is 13.1. The molecule has 0 N–H and O–H groups in total. The summed E-state index contributed by atoms with van der Waals surface area (Å²) in [6, 6.07) is 14.9. The van der Waals surface area contributed by atoms with E-state index in [2.05, 4.69) is 0 Å². The van der Waals surface area contributed by atoms with E-state index < -0.39 is 16.1 Å². The van der Waals surface area contributed by atoms with Crippen LogP contribution in [0.1, 0.15) is 19.8 Å². The highest BCUT2D eigenvalue weighted by Gasteiger charge is 2.35. The quantitative estimate of drug-likeness (QED) is 0.590. The van der Waals surface area contributed by atoms with Gasteiger partial charge in [-0.2, -0.15) is 0 Å². The molecule has 0 radical (unpaired) electrons. The van der Waals surface area contributed by atoms with Gasteiger partial charge in [0.05, 0.1) is 25.0 Å². The first-order valence-electron chi connectivity index (χ1n) is 10.4. The average molecular weight is 461 g/mol. The number of rotatable bonds is 7. The zero-order valence-corrected chi connectivity index (χ0v) is 19.2. The molecule has 0 saturated carbocycles. The molecule has 2 aromatic carbocycles. The third kappa shape index (κ3) is 5.59. The molecule has 1 atom stereocenters. The van der Waals surface area contributed by atoms with Crippen LogP contribution in [-0.2, 0) is 24.3 Å². The SMILES string of the molecule is COC(=O)C1CCN(C(=O)[C@H](C)N(c2ccc(Oc3ccccc3)cc2)S(C)(=O)=O)CC1. The highest BCUT2D eigenvalue weighted by Crippen LogP contribution is 2.28. The van der Waals surface area contributed by atoms with E-state index in [4.69, 9.17) is 9.47 Å². The predicted octanol–water partition coefficient (Wildman–Crippen LogP) is 3.05. The molecule has 1 aliphatic heterocycles. The van der Waals surface area contributed by atoms with Gasteiger partial charge in [-0.1, -0.05) is 18.2 Å². The normalized spacial score (nSPS) is 15.7. The summed E-state index contributed by atoms with van der Waals surface area (Å²) in [7, 11) is -2.38. The maximum Gasteiger partial charge on any atom is 0.308 e. The van der Waals surface area contributed by atoms with Crippen LogP contribution in [0, 0.1) is 5.92 Å². The number of amides is 1. The van der Waals surface area contributed by atoms with Crippen LogP contribution in [0.25, 0.3) is 0 Å². The second-order valence-corrected chi connectivity index (χ2v) is 9.63. The number of anilines is 1. The summed E-state index contributed by atoms with van der Waals surface area (Å²) in [5.41, 5.74) is 0.373. The average Bonchev–Trinajstić information content (AvgIpc) is 2.79. The molecule has 0 aliphatic carbocycles. The van der Waals surface area contributed by atoms with Crippen molar-refractivity contribution in [1.82, 2.24) is 4.90 Å². The zero-order chi connectivity index (χ0) is 23.3. The van der Waals surface area contributed by atoms with Crippen LogP contribution in [0.4, 0.5) is 5.69 Å². The van der Waals surface area contributed by atoms with Crippen molar-refractivity contribution in [2.45, 2.75) is 25.8 Å². The number of benzene rings is 2. The topological polar surface area (TPSA) is 93.2 Å². The molecular weight excluding hydrogens is 432 g/mol. The molecule has 1 fully saturated rings. The molecule has 1 heterocycles. The van der Waals surface area contributed by atoms with Crippen LogP contribution < -0.4 is 9.04 Å². The fourth-order valence-corrected chi connectivity index (χ4v) is 5.02. The van der Waals surface area contributed by atoms with Crippen molar-refractivity contribution < 1.29 is 27.5 Å². The van der Waals surface area contributed by atoms with Crippen molar-refractivity contribution in [2.24, 2.45) is 5.92 Å². The number of hydrogen-bond acceptors (Lipinski definition) is 6. The molecule has 1 saturated heterocycles. The zero-order valence-electron chi connectivity index (χ0n) is 18.4. The van der Waals surface area contributed by atoms with E-state index in [-0.39, 0.29) is 17.8 Å². The van der Waals surface area contributed by atoms with E-state index in [9.17, 15) is 18.0 Å². The van der Waals surface area contributed by atoms with E-state index in [0.29, 0.717) is 43.1 Å². The third-order valence-electron chi connectivity index (χ3n) is 5.48. The van der Waals surface area contributed by atoms with Crippen molar-refractivity contribution >= 4 is 27.6 Å². The van der Waals surface area contributed by atoms with Crippen LogP contribution in [0.2, 0.25) is 0 Å². The maximum absolute atomic E-state index is 13.1. The van der Waals surface area contributed by atoms with Gasteiger partial charge >= 0.3 is 5.97 Å². The predicted molar refractivity (Wildman–Crippen MR) is 121 cm³/mol. The number of likely N-dealkylation sites (tertiary alicyclic amines) is 1. The molecule has 0 bridgehead atoms. The van der Waals surface area contributed by atoms with Gasteiger partial charge in [-0.15, -0.1) is 0 Å². The Bertz CT molecular complexity index is 1030. The van der Waals surface area contributed by atoms with Gasteiger partial charge in [-0.3, -0.25) is 13.9 Å². The van der Waals surface area contributed by atoms with Crippen molar-refractivity contribution in [2.75, 3.05) is 30.8 Å². The number of para-hydroxylation sites is 1. The Hall–Kier alpha value is -3.07. The molecule has 1 aliphatic rings.